The summed E-state index contributed by atoms with van der Waals surface area (Å²) >= 11 is 0. The summed E-state index contributed by atoms with van der Waals surface area (Å²) in [5.41, 5.74) is 0. The van der Waals surface area contributed by atoms with Crippen molar-refractivity contribution in [3.63, 3.8) is 0 Å². The standard InChI is InChI=1S/C13H29N3/c1-12(2)13(3)11-14-5-6-16-9-7-15(4)8-10-16/h12-14H,5-11H2,1-4H3. The van der Waals surface area contributed by atoms with Gasteiger partial charge in [-0.15, -0.1) is 0 Å². The van der Waals surface area contributed by atoms with Gasteiger partial charge in [-0.2, -0.15) is 0 Å². The zero-order valence-corrected chi connectivity index (χ0v) is 11.5. The summed E-state index contributed by atoms with van der Waals surface area (Å²) in [7, 11) is 2.21. The van der Waals surface area contributed by atoms with Crippen molar-refractivity contribution in [2.45, 2.75) is 20.8 Å². The van der Waals surface area contributed by atoms with Gasteiger partial charge in [-0.1, -0.05) is 20.8 Å². The monoisotopic (exact) mass is 227 g/mol. The molecule has 0 saturated carbocycles. The molecule has 3 nitrogen and oxygen atoms in total. The first-order chi connectivity index (χ1) is 7.59. The Hall–Kier alpha value is -0.120. The van der Waals surface area contributed by atoms with Crippen molar-refractivity contribution in [1.29, 1.82) is 0 Å². The van der Waals surface area contributed by atoms with Crippen LogP contribution in [-0.4, -0.2) is 62.7 Å². The summed E-state index contributed by atoms with van der Waals surface area (Å²) < 4.78 is 0. The largest absolute Gasteiger partial charge is 0.315 e. The molecule has 1 saturated heterocycles. The fourth-order valence-corrected chi connectivity index (χ4v) is 1.87. The molecule has 0 aromatic heterocycles. The Morgan fingerprint density at radius 2 is 1.69 bits per heavy atom. The number of nitrogens with one attached hydrogen (secondary N) is 1. The van der Waals surface area contributed by atoms with Gasteiger partial charge in [-0.25, -0.2) is 0 Å². The molecule has 0 aliphatic carbocycles. The van der Waals surface area contributed by atoms with E-state index in [1.807, 2.05) is 0 Å². The highest BCUT2D eigenvalue weighted by molar-refractivity contribution is 4.70. The third-order valence-electron chi connectivity index (χ3n) is 3.81. The van der Waals surface area contributed by atoms with Crippen LogP contribution in [-0.2, 0) is 0 Å². The van der Waals surface area contributed by atoms with Crippen molar-refractivity contribution in [1.82, 2.24) is 15.1 Å². The highest BCUT2D eigenvalue weighted by atomic mass is 15.2. The zero-order chi connectivity index (χ0) is 12.0. The number of piperazine rings is 1. The van der Waals surface area contributed by atoms with Crippen molar-refractivity contribution in [3.8, 4) is 0 Å². The van der Waals surface area contributed by atoms with E-state index in [1.165, 1.54) is 32.7 Å². The quantitative estimate of drug-likeness (QED) is 0.686. The number of nitrogens with zero attached hydrogens (tertiary/aromatic N) is 2. The predicted octanol–water partition coefficient (Wildman–Crippen LogP) is 1.12. The molecule has 3 heteroatoms. The lowest BCUT2D eigenvalue weighted by molar-refractivity contribution is 0.154. The lowest BCUT2D eigenvalue weighted by Gasteiger charge is -2.32. The first-order valence-corrected chi connectivity index (χ1v) is 6.71. The van der Waals surface area contributed by atoms with Crippen molar-refractivity contribution in [2.75, 3.05) is 52.9 Å². The molecule has 1 aliphatic heterocycles. The van der Waals surface area contributed by atoms with Crippen LogP contribution in [0.2, 0.25) is 0 Å². The van der Waals surface area contributed by atoms with Crippen molar-refractivity contribution in [2.24, 2.45) is 11.8 Å². The Labute approximate surface area is 101 Å². The van der Waals surface area contributed by atoms with Gasteiger partial charge in [0.05, 0.1) is 0 Å². The average molecular weight is 227 g/mol. The van der Waals surface area contributed by atoms with E-state index < -0.39 is 0 Å². The predicted molar refractivity (Wildman–Crippen MR) is 70.8 cm³/mol. The van der Waals surface area contributed by atoms with E-state index in [9.17, 15) is 0 Å². The lowest BCUT2D eigenvalue weighted by Crippen LogP contribution is -2.46. The van der Waals surface area contributed by atoms with E-state index in [0.29, 0.717) is 0 Å². The van der Waals surface area contributed by atoms with Gasteiger partial charge in [0.2, 0.25) is 0 Å². The summed E-state index contributed by atoms with van der Waals surface area (Å²) in [5.74, 6) is 1.57. The number of hydrogen-bond donors (Lipinski definition) is 1. The molecule has 0 amide bonds. The van der Waals surface area contributed by atoms with Crippen LogP contribution in [0.4, 0.5) is 0 Å². The molecule has 1 heterocycles. The van der Waals surface area contributed by atoms with E-state index in [4.69, 9.17) is 0 Å². The van der Waals surface area contributed by atoms with Gasteiger partial charge in [0.1, 0.15) is 0 Å². The van der Waals surface area contributed by atoms with Crippen LogP contribution in [0.25, 0.3) is 0 Å². The maximum Gasteiger partial charge on any atom is 0.0110 e. The lowest BCUT2D eigenvalue weighted by atomic mass is 9.98. The zero-order valence-electron chi connectivity index (χ0n) is 11.5. The second-order valence-corrected chi connectivity index (χ2v) is 5.57. The van der Waals surface area contributed by atoms with E-state index in [1.54, 1.807) is 0 Å². The van der Waals surface area contributed by atoms with Gasteiger partial charge in [0.15, 0.2) is 0 Å². The summed E-state index contributed by atoms with van der Waals surface area (Å²) in [5, 5.41) is 3.57. The Morgan fingerprint density at radius 1 is 1.06 bits per heavy atom. The Balaban J connectivity index is 1.99. The number of rotatable bonds is 6. The van der Waals surface area contributed by atoms with Crippen LogP contribution in [0.15, 0.2) is 0 Å². The smallest absolute Gasteiger partial charge is 0.0110 e. The summed E-state index contributed by atoms with van der Waals surface area (Å²) in [6.07, 6.45) is 0. The third kappa shape index (κ3) is 5.28. The maximum atomic E-state index is 3.57. The molecule has 96 valence electrons. The first-order valence-electron chi connectivity index (χ1n) is 6.71. The van der Waals surface area contributed by atoms with E-state index >= 15 is 0 Å². The molecule has 0 aromatic rings. The fraction of sp³-hybridized carbons (Fsp3) is 1.00. The Bertz CT molecular complexity index is 174. The van der Waals surface area contributed by atoms with Crippen LogP contribution in [0.1, 0.15) is 20.8 Å². The van der Waals surface area contributed by atoms with Crippen LogP contribution in [0, 0.1) is 11.8 Å². The molecule has 0 aromatic carbocycles. The minimum atomic E-state index is 0.785. The summed E-state index contributed by atoms with van der Waals surface area (Å²) in [4.78, 5) is 4.97. The first kappa shape index (κ1) is 13.9. The Kier molecular flexibility index (Phi) is 6.32. The fourth-order valence-electron chi connectivity index (χ4n) is 1.87. The molecule has 1 unspecified atom stereocenters. The Morgan fingerprint density at radius 3 is 2.25 bits per heavy atom. The van der Waals surface area contributed by atoms with Gasteiger partial charge in [0.25, 0.3) is 0 Å². The second kappa shape index (κ2) is 7.25. The van der Waals surface area contributed by atoms with Crippen LogP contribution >= 0.6 is 0 Å². The van der Waals surface area contributed by atoms with E-state index in [-0.39, 0.29) is 0 Å². The van der Waals surface area contributed by atoms with Crippen LogP contribution in [0.5, 0.6) is 0 Å². The molecule has 0 spiro atoms. The minimum absolute atomic E-state index is 0.785. The highest BCUT2D eigenvalue weighted by Gasteiger charge is 2.13. The highest BCUT2D eigenvalue weighted by Crippen LogP contribution is 2.07. The summed E-state index contributed by atoms with van der Waals surface area (Å²) in [6, 6.07) is 0. The normalized spacial score (nSPS) is 21.6. The second-order valence-electron chi connectivity index (χ2n) is 5.57. The van der Waals surface area contributed by atoms with Gasteiger partial charge in [-0.05, 0) is 25.4 Å². The van der Waals surface area contributed by atoms with Gasteiger partial charge >= 0.3 is 0 Å². The molecule has 0 bridgehead atoms. The van der Waals surface area contributed by atoms with Gasteiger partial charge in [0, 0.05) is 39.3 Å². The van der Waals surface area contributed by atoms with E-state index in [2.05, 4.69) is 42.9 Å². The van der Waals surface area contributed by atoms with Crippen molar-refractivity contribution < 1.29 is 0 Å². The van der Waals surface area contributed by atoms with Crippen LogP contribution in [0.3, 0.4) is 0 Å². The minimum Gasteiger partial charge on any atom is -0.315 e. The number of hydrogen-bond acceptors (Lipinski definition) is 3. The molecular weight excluding hydrogens is 198 g/mol. The average Bonchev–Trinajstić information content (AvgIpc) is 2.26. The summed E-state index contributed by atoms with van der Waals surface area (Å²) in [6.45, 7) is 15.3. The van der Waals surface area contributed by atoms with Crippen molar-refractivity contribution >= 4 is 0 Å². The molecule has 1 N–H and O–H groups in total. The maximum absolute atomic E-state index is 3.57. The van der Waals surface area contributed by atoms with E-state index in [0.717, 1.165) is 24.9 Å². The molecular formula is C13H29N3. The number of likely N-dealkylation sites (N-methyl/N-ethyl adjacent to an activating group) is 1. The topological polar surface area (TPSA) is 18.5 Å². The molecule has 1 fully saturated rings. The molecule has 1 rings (SSSR count). The van der Waals surface area contributed by atoms with Crippen molar-refractivity contribution in [3.05, 3.63) is 0 Å². The molecule has 0 radical (unpaired) electrons. The van der Waals surface area contributed by atoms with Crippen LogP contribution < -0.4 is 5.32 Å². The SMILES string of the molecule is CC(C)C(C)CNCCN1CCN(C)CC1. The van der Waals surface area contributed by atoms with Gasteiger partial charge in [-0.3, -0.25) is 4.90 Å². The molecule has 16 heavy (non-hydrogen) atoms. The molecule has 1 aliphatic rings. The van der Waals surface area contributed by atoms with Gasteiger partial charge < -0.3 is 10.2 Å². The third-order valence-corrected chi connectivity index (χ3v) is 3.81. The molecule has 1 atom stereocenters.